The van der Waals surface area contributed by atoms with Gasteiger partial charge in [-0.2, -0.15) is 0 Å². The van der Waals surface area contributed by atoms with Crippen molar-refractivity contribution < 1.29 is 0 Å². The molecule has 0 aliphatic carbocycles. The summed E-state index contributed by atoms with van der Waals surface area (Å²) >= 11 is 9.48. The van der Waals surface area contributed by atoms with E-state index in [1.165, 1.54) is 48.9 Å². The second kappa shape index (κ2) is 9.33. The van der Waals surface area contributed by atoms with Crippen LogP contribution < -0.4 is 0 Å². The first-order chi connectivity index (χ1) is 11.3. The molecule has 0 radical (unpaired) electrons. The van der Waals surface area contributed by atoms with Crippen molar-refractivity contribution in [3.63, 3.8) is 0 Å². The van der Waals surface area contributed by atoms with Gasteiger partial charge in [-0.1, -0.05) is 61.8 Å². The minimum atomic E-state index is 1.22. The quantitative estimate of drug-likeness (QED) is 0.334. The molecule has 3 rings (SSSR count). The van der Waals surface area contributed by atoms with Gasteiger partial charge in [0.25, 0.3) is 0 Å². The first-order valence-electron chi connectivity index (χ1n) is 7.90. The minimum Gasteiger partial charge on any atom is -0.137 e. The number of rotatable bonds is 9. The van der Waals surface area contributed by atoms with Crippen molar-refractivity contribution in [2.45, 2.75) is 55.9 Å². The number of hydrogen-bond donors (Lipinski definition) is 0. The van der Waals surface area contributed by atoms with E-state index in [1.54, 1.807) is 5.56 Å². The first-order valence-corrected chi connectivity index (χ1v) is 12.1. The summed E-state index contributed by atoms with van der Waals surface area (Å²) in [5.41, 5.74) is 1.54. The van der Waals surface area contributed by atoms with Crippen LogP contribution in [0.15, 0.2) is 57.9 Å². The maximum absolute atomic E-state index is 2.43. The van der Waals surface area contributed by atoms with E-state index in [0.29, 0.717) is 0 Å². The second-order valence-corrected chi connectivity index (χ2v) is 11.4. The topological polar surface area (TPSA) is 0 Å². The number of aryl methyl sites for hydroxylation is 1. The molecule has 3 aromatic heterocycles. The molecule has 5 heteroatoms. The molecule has 0 aliphatic heterocycles. The standard InChI is InChI=1S/C18H20S5/c1-2-3-4-5-8-14-13-17(21-15-9-6-11-19-15)23-18(14)22-16-10-7-12-20-16/h6-7,9-13H,2-5,8H2,1H3. The molecule has 0 fully saturated rings. The highest BCUT2D eigenvalue weighted by molar-refractivity contribution is 8.05. The van der Waals surface area contributed by atoms with Gasteiger partial charge < -0.3 is 0 Å². The maximum Gasteiger partial charge on any atom is 0.0698 e. The zero-order chi connectivity index (χ0) is 15.9. The lowest BCUT2D eigenvalue weighted by molar-refractivity contribution is 0.665. The third-order valence-electron chi connectivity index (χ3n) is 3.43. The molecule has 0 atom stereocenters. The molecule has 0 aliphatic rings. The minimum absolute atomic E-state index is 1.22. The highest BCUT2D eigenvalue weighted by Crippen LogP contribution is 2.44. The van der Waals surface area contributed by atoms with Crippen molar-refractivity contribution in [1.29, 1.82) is 0 Å². The summed E-state index contributed by atoms with van der Waals surface area (Å²) in [4.78, 5) is 0. The van der Waals surface area contributed by atoms with Gasteiger partial charge in [0.05, 0.1) is 16.8 Å². The van der Waals surface area contributed by atoms with E-state index in [4.69, 9.17) is 0 Å². The van der Waals surface area contributed by atoms with E-state index in [0.717, 1.165) is 0 Å². The van der Waals surface area contributed by atoms with Gasteiger partial charge in [-0.15, -0.1) is 34.0 Å². The largest absolute Gasteiger partial charge is 0.137 e. The molecule has 122 valence electrons. The lowest BCUT2D eigenvalue weighted by Crippen LogP contribution is -1.84. The van der Waals surface area contributed by atoms with Gasteiger partial charge in [0.2, 0.25) is 0 Å². The van der Waals surface area contributed by atoms with Gasteiger partial charge >= 0.3 is 0 Å². The van der Waals surface area contributed by atoms with E-state index < -0.39 is 0 Å². The van der Waals surface area contributed by atoms with Crippen molar-refractivity contribution in [2.24, 2.45) is 0 Å². The third-order valence-corrected chi connectivity index (χ3v) is 9.04. The van der Waals surface area contributed by atoms with Crippen LogP contribution in [0.25, 0.3) is 0 Å². The smallest absolute Gasteiger partial charge is 0.0698 e. The van der Waals surface area contributed by atoms with Crippen molar-refractivity contribution in [2.75, 3.05) is 0 Å². The lowest BCUT2D eigenvalue weighted by atomic mass is 10.1. The van der Waals surface area contributed by atoms with Crippen molar-refractivity contribution in [3.8, 4) is 0 Å². The maximum atomic E-state index is 2.43. The molecule has 0 saturated heterocycles. The zero-order valence-corrected chi connectivity index (χ0v) is 17.2. The molecular weight excluding hydrogens is 377 g/mol. The molecule has 3 heterocycles. The van der Waals surface area contributed by atoms with E-state index in [-0.39, 0.29) is 0 Å². The average Bonchev–Trinajstić information content (AvgIpc) is 3.28. The molecule has 0 N–H and O–H groups in total. The van der Waals surface area contributed by atoms with Crippen LogP contribution in [-0.2, 0) is 6.42 Å². The molecule has 0 saturated carbocycles. The van der Waals surface area contributed by atoms with Gasteiger partial charge in [-0.3, -0.25) is 0 Å². The average molecular weight is 397 g/mol. The Labute approximate surface area is 159 Å². The summed E-state index contributed by atoms with van der Waals surface area (Å²) in [6, 6.07) is 11.1. The Balaban J connectivity index is 1.72. The van der Waals surface area contributed by atoms with Crippen LogP contribution in [-0.4, -0.2) is 0 Å². The predicted octanol–water partition coefficient (Wildman–Crippen LogP) is 8.30. The van der Waals surface area contributed by atoms with Crippen LogP contribution in [0.5, 0.6) is 0 Å². The van der Waals surface area contributed by atoms with Gasteiger partial charge in [0.15, 0.2) is 0 Å². The molecule has 0 bridgehead atoms. The van der Waals surface area contributed by atoms with Gasteiger partial charge in [0, 0.05) is 0 Å². The molecule has 3 aromatic rings. The fourth-order valence-corrected chi connectivity index (χ4v) is 8.12. The monoisotopic (exact) mass is 396 g/mol. The lowest BCUT2D eigenvalue weighted by Gasteiger charge is -2.02. The Hall–Kier alpha value is -0.200. The van der Waals surface area contributed by atoms with Crippen molar-refractivity contribution >= 4 is 57.5 Å². The molecule has 0 aromatic carbocycles. The summed E-state index contributed by atoms with van der Waals surface area (Å²) in [6.07, 6.45) is 6.54. The van der Waals surface area contributed by atoms with Gasteiger partial charge in [-0.05, 0) is 47.4 Å². The first kappa shape index (κ1) is 17.6. The number of hydrogen-bond acceptors (Lipinski definition) is 5. The van der Waals surface area contributed by atoms with Crippen LogP contribution in [0, 0.1) is 0 Å². The third kappa shape index (κ3) is 5.40. The van der Waals surface area contributed by atoms with Crippen molar-refractivity contribution in [3.05, 3.63) is 46.7 Å². The number of unbranched alkanes of at least 4 members (excludes halogenated alkanes) is 3. The van der Waals surface area contributed by atoms with Crippen LogP contribution in [0.1, 0.15) is 38.2 Å². The van der Waals surface area contributed by atoms with E-state index >= 15 is 0 Å². The fraction of sp³-hybridized carbons (Fsp3) is 0.333. The summed E-state index contributed by atoms with van der Waals surface area (Å²) in [5.74, 6) is 0. The Morgan fingerprint density at radius 2 is 1.61 bits per heavy atom. The summed E-state index contributed by atoms with van der Waals surface area (Å²) in [7, 11) is 0. The molecule has 0 unspecified atom stereocenters. The molecule has 0 amide bonds. The zero-order valence-electron chi connectivity index (χ0n) is 13.1. The van der Waals surface area contributed by atoms with E-state index in [1.807, 2.05) is 57.5 Å². The Kier molecular flexibility index (Phi) is 7.14. The second-order valence-electron chi connectivity index (χ2n) is 5.26. The molecule has 0 nitrogen and oxygen atoms in total. The Bertz CT molecular complexity index is 679. The summed E-state index contributed by atoms with van der Waals surface area (Å²) in [6.45, 7) is 2.28. The highest BCUT2D eigenvalue weighted by Gasteiger charge is 2.12. The Morgan fingerprint density at radius 3 is 2.26 bits per heavy atom. The molecular formula is C18H20S5. The van der Waals surface area contributed by atoms with Gasteiger partial charge in [0.1, 0.15) is 0 Å². The fourth-order valence-electron chi connectivity index (χ4n) is 2.27. The predicted molar refractivity (Wildman–Crippen MR) is 109 cm³/mol. The van der Waals surface area contributed by atoms with Crippen LogP contribution >= 0.6 is 57.5 Å². The molecule has 23 heavy (non-hydrogen) atoms. The van der Waals surface area contributed by atoms with E-state index in [9.17, 15) is 0 Å². The van der Waals surface area contributed by atoms with Crippen LogP contribution in [0.3, 0.4) is 0 Å². The van der Waals surface area contributed by atoms with Gasteiger partial charge in [-0.25, -0.2) is 0 Å². The van der Waals surface area contributed by atoms with Crippen molar-refractivity contribution in [1.82, 2.24) is 0 Å². The highest BCUT2D eigenvalue weighted by atomic mass is 32.2. The normalized spacial score (nSPS) is 11.2. The molecule has 0 spiro atoms. The van der Waals surface area contributed by atoms with Crippen LogP contribution in [0.2, 0.25) is 0 Å². The van der Waals surface area contributed by atoms with Crippen LogP contribution in [0.4, 0.5) is 0 Å². The Morgan fingerprint density at radius 1 is 0.870 bits per heavy atom. The number of thiophene rings is 3. The summed E-state index contributed by atoms with van der Waals surface area (Å²) in [5, 5.41) is 4.32. The van der Waals surface area contributed by atoms with E-state index in [2.05, 4.69) is 48.0 Å². The SMILES string of the molecule is CCCCCCc1cc(Sc2cccs2)sc1Sc1cccs1. The summed E-state index contributed by atoms with van der Waals surface area (Å²) < 4.78 is 5.70.